The Labute approximate surface area is 174 Å². The fraction of sp³-hybridized carbons (Fsp3) is 0.737. The van der Waals surface area contributed by atoms with Crippen molar-refractivity contribution >= 4 is 29.9 Å². The highest BCUT2D eigenvalue weighted by atomic mass is 127. The van der Waals surface area contributed by atoms with E-state index < -0.39 is 0 Å². The van der Waals surface area contributed by atoms with Crippen molar-refractivity contribution < 1.29 is 13.9 Å². The van der Waals surface area contributed by atoms with Crippen LogP contribution < -0.4 is 10.6 Å². The summed E-state index contributed by atoms with van der Waals surface area (Å²) in [7, 11) is 3.49. The van der Waals surface area contributed by atoms with Gasteiger partial charge in [0.1, 0.15) is 5.76 Å². The first-order valence-electron chi connectivity index (χ1n) is 9.30. The Kier molecular flexibility index (Phi) is 12.0. The number of methoxy groups -OCH3 is 2. The smallest absolute Gasteiger partial charge is 0.191 e. The SMILES string of the molecule is COCCNC(=NCC1(CCOC)CCCC1)NCCc1ccco1.I. The molecular formula is C19H34IN3O3. The van der Waals surface area contributed by atoms with Crippen LogP contribution in [0.3, 0.4) is 0 Å². The maximum atomic E-state index is 5.38. The third-order valence-electron chi connectivity index (χ3n) is 4.92. The molecule has 2 rings (SSSR count). The number of rotatable bonds is 11. The number of aliphatic imine (C=N–C) groups is 1. The Morgan fingerprint density at radius 1 is 1.15 bits per heavy atom. The number of guanidine groups is 1. The molecule has 0 radical (unpaired) electrons. The maximum Gasteiger partial charge on any atom is 0.191 e. The molecule has 150 valence electrons. The van der Waals surface area contributed by atoms with Crippen molar-refractivity contribution in [3.05, 3.63) is 24.2 Å². The zero-order chi connectivity index (χ0) is 17.8. The van der Waals surface area contributed by atoms with Crippen LogP contribution in [0.4, 0.5) is 0 Å². The van der Waals surface area contributed by atoms with Crippen molar-refractivity contribution in [1.82, 2.24) is 10.6 Å². The van der Waals surface area contributed by atoms with Crippen molar-refractivity contribution in [2.45, 2.75) is 38.5 Å². The van der Waals surface area contributed by atoms with Gasteiger partial charge in [0, 0.05) is 46.9 Å². The predicted octanol–water partition coefficient (Wildman–Crippen LogP) is 3.22. The normalized spacial score (nSPS) is 16.3. The first kappa shape index (κ1) is 23.2. The van der Waals surface area contributed by atoms with Gasteiger partial charge in [-0.15, -0.1) is 24.0 Å². The summed E-state index contributed by atoms with van der Waals surface area (Å²) in [6, 6.07) is 3.91. The average Bonchev–Trinajstić information content (AvgIpc) is 3.30. The van der Waals surface area contributed by atoms with Crippen molar-refractivity contribution in [3.8, 4) is 0 Å². The summed E-state index contributed by atoms with van der Waals surface area (Å²) in [5.74, 6) is 1.84. The Balaban J connectivity index is 0.00000338. The lowest BCUT2D eigenvalue weighted by atomic mass is 9.83. The van der Waals surface area contributed by atoms with E-state index in [1.165, 1.54) is 25.7 Å². The second kappa shape index (κ2) is 13.4. The molecule has 0 saturated heterocycles. The van der Waals surface area contributed by atoms with Gasteiger partial charge in [0.15, 0.2) is 5.96 Å². The first-order valence-corrected chi connectivity index (χ1v) is 9.30. The molecule has 0 atom stereocenters. The van der Waals surface area contributed by atoms with Crippen LogP contribution in [0.15, 0.2) is 27.8 Å². The Hall–Kier alpha value is -0.800. The van der Waals surface area contributed by atoms with E-state index in [0.29, 0.717) is 12.0 Å². The molecule has 2 N–H and O–H groups in total. The molecular weight excluding hydrogens is 445 g/mol. The highest BCUT2D eigenvalue weighted by molar-refractivity contribution is 14.0. The molecule has 1 heterocycles. The first-order chi connectivity index (χ1) is 12.3. The van der Waals surface area contributed by atoms with Gasteiger partial charge < -0.3 is 24.5 Å². The topological polar surface area (TPSA) is 68.0 Å². The van der Waals surface area contributed by atoms with Crippen LogP contribution in [0.2, 0.25) is 0 Å². The van der Waals surface area contributed by atoms with Crippen molar-refractivity contribution in [2.75, 3.05) is 47.1 Å². The van der Waals surface area contributed by atoms with Crippen LogP contribution in [-0.4, -0.2) is 53.0 Å². The maximum absolute atomic E-state index is 5.38. The molecule has 0 aliphatic heterocycles. The second-order valence-electron chi connectivity index (χ2n) is 6.79. The lowest BCUT2D eigenvalue weighted by molar-refractivity contribution is 0.141. The number of hydrogen-bond acceptors (Lipinski definition) is 4. The third kappa shape index (κ3) is 8.26. The minimum atomic E-state index is 0. The summed E-state index contributed by atoms with van der Waals surface area (Å²) in [5.41, 5.74) is 0.298. The van der Waals surface area contributed by atoms with Gasteiger partial charge in [-0.05, 0) is 36.8 Å². The van der Waals surface area contributed by atoms with Crippen molar-refractivity contribution in [1.29, 1.82) is 0 Å². The zero-order valence-corrected chi connectivity index (χ0v) is 18.4. The van der Waals surface area contributed by atoms with E-state index in [2.05, 4.69) is 10.6 Å². The van der Waals surface area contributed by atoms with Gasteiger partial charge in [-0.3, -0.25) is 4.99 Å². The van der Waals surface area contributed by atoms with E-state index in [0.717, 1.165) is 50.8 Å². The van der Waals surface area contributed by atoms with Gasteiger partial charge in [0.2, 0.25) is 0 Å². The van der Waals surface area contributed by atoms with Crippen LogP contribution in [-0.2, 0) is 15.9 Å². The highest BCUT2D eigenvalue weighted by Gasteiger charge is 2.33. The summed E-state index contributed by atoms with van der Waals surface area (Å²) in [6.07, 6.45) is 8.74. The van der Waals surface area contributed by atoms with Gasteiger partial charge in [-0.1, -0.05) is 12.8 Å². The van der Waals surface area contributed by atoms with Crippen LogP contribution >= 0.6 is 24.0 Å². The molecule has 0 amide bonds. The summed E-state index contributed by atoms with van der Waals surface area (Å²) < 4.78 is 15.8. The average molecular weight is 479 g/mol. The summed E-state index contributed by atoms with van der Waals surface area (Å²) in [6.45, 7) is 3.85. The van der Waals surface area contributed by atoms with E-state index in [-0.39, 0.29) is 24.0 Å². The third-order valence-corrected chi connectivity index (χ3v) is 4.92. The van der Waals surface area contributed by atoms with Gasteiger partial charge in [0.05, 0.1) is 12.9 Å². The molecule has 1 fully saturated rings. The second-order valence-corrected chi connectivity index (χ2v) is 6.79. The van der Waals surface area contributed by atoms with Gasteiger partial charge in [-0.25, -0.2) is 0 Å². The van der Waals surface area contributed by atoms with Gasteiger partial charge in [0.25, 0.3) is 0 Å². The standard InChI is InChI=1S/C19H33N3O3.HI/c1-23-14-10-19(8-3-4-9-19)16-22-18(21-12-15-24-2)20-11-7-17-6-5-13-25-17;/h5-6,13H,3-4,7-12,14-16H2,1-2H3,(H2,20,21,22);1H. The molecule has 0 aromatic carbocycles. The monoisotopic (exact) mass is 479 g/mol. The summed E-state index contributed by atoms with van der Waals surface area (Å²) in [5, 5.41) is 6.76. The van der Waals surface area contributed by atoms with Crippen molar-refractivity contribution in [2.24, 2.45) is 10.4 Å². The largest absolute Gasteiger partial charge is 0.469 e. The lowest BCUT2D eigenvalue weighted by Crippen LogP contribution is -2.41. The quantitative estimate of drug-likeness (QED) is 0.221. The molecule has 26 heavy (non-hydrogen) atoms. The van der Waals surface area contributed by atoms with Crippen molar-refractivity contribution in [3.63, 3.8) is 0 Å². The van der Waals surface area contributed by atoms with Gasteiger partial charge >= 0.3 is 0 Å². The van der Waals surface area contributed by atoms with E-state index in [1.54, 1.807) is 20.5 Å². The summed E-state index contributed by atoms with van der Waals surface area (Å²) in [4.78, 5) is 4.87. The van der Waals surface area contributed by atoms with Crippen LogP contribution in [0.1, 0.15) is 37.9 Å². The molecule has 1 aliphatic carbocycles. The van der Waals surface area contributed by atoms with E-state index >= 15 is 0 Å². The predicted molar refractivity (Wildman–Crippen MR) is 115 cm³/mol. The van der Waals surface area contributed by atoms with Gasteiger partial charge in [-0.2, -0.15) is 0 Å². The molecule has 1 saturated carbocycles. The Morgan fingerprint density at radius 2 is 1.88 bits per heavy atom. The molecule has 0 bridgehead atoms. The Bertz CT molecular complexity index is 488. The number of furan rings is 1. The van der Waals surface area contributed by atoms with Crippen LogP contribution in [0, 0.1) is 5.41 Å². The highest BCUT2D eigenvalue weighted by Crippen LogP contribution is 2.41. The van der Waals surface area contributed by atoms with Crippen LogP contribution in [0.5, 0.6) is 0 Å². The number of nitrogens with one attached hydrogen (secondary N) is 2. The molecule has 1 aromatic heterocycles. The molecule has 6 nitrogen and oxygen atoms in total. The fourth-order valence-corrected chi connectivity index (χ4v) is 3.38. The minimum Gasteiger partial charge on any atom is -0.469 e. The molecule has 1 aromatic rings. The fourth-order valence-electron chi connectivity index (χ4n) is 3.38. The van der Waals surface area contributed by atoms with E-state index in [4.69, 9.17) is 18.9 Å². The lowest BCUT2D eigenvalue weighted by Gasteiger charge is -2.27. The molecule has 0 unspecified atom stereocenters. The zero-order valence-electron chi connectivity index (χ0n) is 16.1. The number of hydrogen-bond donors (Lipinski definition) is 2. The van der Waals surface area contributed by atoms with E-state index in [1.807, 2.05) is 12.1 Å². The molecule has 1 aliphatic rings. The molecule has 0 spiro atoms. The Morgan fingerprint density at radius 3 is 2.54 bits per heavy atom. The number of nitrogens with zero attached hydrogens (tertiary/aromatic N) is 1. The van der Waals surface area contributed by atoms with Crippen LogP contribution in [0.25, 0.3) is 0 Å². The number of ether oxygens (including phenoxy) is 2. The van der Waals surface area contributed by atoms with E-state index in [9.17, 15) is 0 Å². The number of halogens is 1. The summed E-state index contributed by atoms with van der Waals surface area (Å²) >= 11 is 0. The molecule has 7 heteroatoms. The minimum absolute atomic E-state index is 0.